The average molecular weight is 175 g/mol. The standard InChI is InChI=1S/C8H17NOS/c1-8(2,3)6(11-5)7(10)9-4/h6H,1-5H3,(H,9,10). The number of carbonyl (C=O) groups is 1. The molecule has 0 aromatic carbocycles. The zero-order valence-electron chi connectivity index (χ0n) is 7.89. The van der Waals surface area contributed by atoms with Gasteiger partial charge in [-0.15, -0.1) is 0 Å². The lowest BCUT2D eigenvalue weighted by molar-refractivity contribution is -0.121. The van der Waals surface area contributed by atoms with Crippen LogP contribution in [-0.2, 0) is 4.79 Å². The fourth-order valence-electron chi connectivity index (χ4n) is 0.985. The molecule has 11 heavy (non-hydrogen) atoms. The molecule has 3 heteroatoms. The number of amides is 1. The highest BCUT2D eigenvalue weighted by molar-refractivity contribution is 8.00. The van der Waals surface area contributed by atoms with Crippen LogP contribution in [0.5, 0.6) is 0 Å². The minimum Gasteiger partial charge on any atom is -0.358 e. The van der Waals surface area contributed by atoms with Gasteiger partial charge in [0.25, 0.3) is 0 Å². The van der Waals surface area contributed by atoms with E-state index in [4.69, 9.17) is 0 Å². The van der Waals surface area contributed by atoms with E-state index in [-0.39, 0.29) is 16.6 Å². The van der Waals surface area contributed by atoms with Crippen molar-refractivity contribution in [3.8, 4) is 0 Å². The smallest absolute Gasteiger partial charge is 0.233 e. The summed E-state index contributed by atoms with van der Waals surface area (Å²) in [5.41, 5.74) is 0.0412. The molecule has 0 aliphatic carbocycles. The Morgan fingerprint density at radius 2 is 1.91 bits per heavy atom. The van der Waals surface area contributed by atoms with Crippen LogP contribution < -0.4 is 5.32 Å². The van der Waals surface area contributed by atoms with Gasteiger partial charge in [-0.05, 0) is 11.7 Å². The summed E-state index contributed by atoms with van der Waals surface area (Å²) >= 11 is 1.60. The lowest BCUT2D eigenvalue weighted by Gasteiger charge is -2.27. The van der Waals surface area contributed by atoms with Crippen molar-refractivity contribution in [3.63, 3.8) is 0 Å². The predicted octanol–water partition coefficient (Wildman–Crippen LogP) is 1.51. The molecule has 66 valence electrons. The highest BCUT2D eigenvalue weighted by atomic mass is 32.2. The van der Waals surface area contributed by atoms with Crippen LogP contribution >= 0.6 is 11.8 Å². The zero-order chi connectivity index (χ0) is 9.07. The first-order valence-corrected chi connectivity index (χ1v) is 4.96. The fourth-order valence-corrected chi connectivity index (χ4v) is 2.02. The highest BCUT2D eigenvalue weighted by Crippen LogP contribution is 2.28. The van der Waals surface area contributed by atoms with E-state index in [1.165, 1.54) is 0 Å². The van der Waals surface area contributed by atoms with E-state index < -0.39 is 0 Å². The van der Waals surface area contributed by atoms with E-state index in [9.17, 15) is 4.79 Å². The van der Waals surface area contributed by atoms with Crippen molar-refractivity contribution in [2.75, 3.05) is 13.3 Å². The van der Waals surface area contributed by atoms with E-state index >= 15 is 0 Å². The van der Waals surface area contributed by atoms with Crippen molar-refractivity contribution in [2.24, 2.45) is 5.41 Å². The van der Waals surface area contributed by atoms with Gasteiger partial charge < -0.3 is 5.32 Å². The second kappa shape index (κ2) is 4.00. The maximum Gasteiger partial charge on any atom is 0.233 e. The number of hydrogen-bond donors (Lipinski definition) is 1. The first-order chi connectivity index (χ1) is 4.93. The van der Waals surface area contributed by atoms with Crippen LogP contribution in [0.25, 0.3) is 0 Å². The molecule has 0 saturated carbocycles. The van der Waals surface area contributed by atoms with Gasteiger partial charge in [0.2, 0.25) is 5.91 Å². The van der Waals surface area contributed by atoms with Crippen LogP contribution in [0, 0.1) is 5.41 Å². The molecule has 1 unspecified atom stereocenters. The molecule has 0 bridgehead atoms. The van der Waals surface area contributed by atoms with Crippen LogP contribution in [0.4, 0.5) is 0 Å². The molecule has 0 spiro atoms. The molecular weight excluding hydrogens is 158 g/mol. The maximum atomic E-state index is 11.3. The van der Waals surface area contributed by atoms with E-state index in [1.807, 2.05) is 6.26 Å². The SMILES string of the molecule is CNC(=O)C(SC)C(C)(C)C. The molecule has 1 N–H and O–H groups in total. The Morgan fingerprint density at radius 1 is 1.45 bits per heavy atom. The minimum atomic E-state index is 0.0412. The third-order valence-electron chi connectivity index (χ3n) is 1.51. The number of carbonyl (C=O) groups excluding carboxylic acids is 1. The summed E-state index contributed by atoms with van der Waals surface area (Å²) in [6.45, 7) is 6.22. The fraction of sp³-hybridized carbons (Fsp3) is 0.875. The van der Waals surface area contributed by atoms with Crippen molar-refractivity contribution < 1.29 is 4.79 Å². The summed E-state index contributed by atoms with van der Waals surface area (Å²) in [5, 5.41) is 2.71. The summed E-state index contributed by atoms with van der Waals surface area (Å²) in [6.07, 6.45) is 1.96. The van der Waals surface area contributed by atoms with Crippen LogP contribution in [0.2, 0.25) is 0 Å². The van der Waals surface area contributed by atoms with Gasteiger partial charge in [-0.25, -0.2) is 0 Å². The van der Waals surface area contributed by atoms with Gasteiger partial charge >= 0.3 is 0 Å². The molecule has 0 rings (SSSR count). The van der Waals surface area contributed by atoms with Gasteiger partial charge in [0, 0.05) is 7.05 Å². The van der Waals surface area contributed by atoms with Gasteiger partial charge in [-0.3, -0.25) is 4.79 Å². The van der Waals surface area contributed by atoms with Crippen molar-refractivity contribution in [1.82, 2.24) is 5.32 Å². The zero-order valence-corrected chi connectivity index (χ0v) is 8.71. The van der Waals surface area contributed by atoms with Crippen LogP contribution in [0.3, 0.4) is 0 Å². The monoisotopic (exact) mass is 175 g/mol. The number of nitrogens with one attached hydrogen (secondary N) is 1. The van der Waals surface area contributed by atoms with Crippen molar-refractivity contribution >= 4 is 17.7 Å². The number of rotatable bonds is 2. The summed E-state index contributed by atoms with van der Waals surface area (Å²) in [6, 6.07) is 0. The van der Waals surface area contributed by atoms with Crippen LogP contribution in [0.15, 0.2) is 0 Å². The van der Waals surface area contributed by atoms with Crippen molar-refractivity contribution in [1.29, 1.82) is 0 Å². The second-order valence-corrected chi connectivity index (χ2v) is 4.54. The molecule has 0 fully saturated rings. The molecule has 1 amide bonds. The largest absolute Gasteiger partial charge is 0.358 e. The summed E-state index contributed by atoms with van der Waals surface area (Å²) in [7, 11) is 1.68. The Morgan fingerprint density at radius 3 is 2.00 bits per heavy atom. The predicted molar refractivity (Wildman–Crippen MR) is 50.8 cm³/mol. The van der Waals surface area contributed by atoms with Gasteiger partial charge in [0.15, 0.2) is 0 Å². The normalized spacial score (nSPS) is 14.3. The quantitative estimate of drug-likeness (QED) is 0.689. The molecular formula is C8H17NOS. The van der Waals surface area contributed by atoms with E-state index in [0.29, 0.717) is 0 Å². The summed E-state index contributed by atoms with van der Waals surface area (Å²) in [4.78, 5) is 11.3. The third kappa shape index (κ3) is 3.14. The van der Waals surface area contributed by atoms with Crippen LogP contribution in [0.1, 0.15) is 20.8 Å². The van der Waals surface area contributed by atoms with E-state index in [2.05, 4.69) is 26.1 Å². The van der Waals surface area contributed by atoms with Crippen LogP contribution in [-0.4, -0.2) is 24.5 Å². The Labute approximate surface area is 73.1 Å². The Hall–Kier alpha value is -0.180. The molecule has 2 nitrogen and oxygen atoms in total. The lowest BCUT2D eigenvalue weighted by atomic mass is 9.91. The molecule has 0 heterocycles. The molecule has 0 aliphatic rings. The lowest BCUT2D eigenvalue weighted by Crippen LogP contribution is -2.38. The molecule has 0 aromatic heterocycles. The Kier molecular flexibility index (Phi) is 3.93. The van der Waals surface area contributed by atoms with Crippen molar-refractivity contribution in [2.45, 2.75) is 26.0 Å². The molecule has 0 radical (unpaired) electrons. The summed E-state index contributed by atoms with van der Waals surface area (Å²) < 4.78 is 0. The Bertz CT molecular complexity index is 140. The molecule has 0 saturated heterocycles. The number of hydrogen-bond acceptors (Lipinski definition) is 2. The topological polar surface area (TPSA) is 29.1 Å². The van der Waals surface area contributed by atoms with Gasteiger partial charge in [-0.1, -0.05) is 20.8 Å². The molecule has 0 aromatic rings. The number of thioether (sulfide) groups is 1. The third-order valence-corrected chi connectivity index (χ3v) is 2.90. The molecule has 0 aliphatic heterocycles. The highest BCUT2D eigenvalue weighted by Gasteiger charge is 2.29. The van der Waals surface area contributed by atoms with Gasteiger partial charge in [0.1, 0.15) is 0 Å². The van der Waals surface area contributed by atoms with Gasteiger partial charge in [-0.2, -0.15) is 11.8 Å². The maximum absolute atomic E-state index is 11.3. The first kappa shape index (κ1) is 10.8. The minimum absolute atomic E-state index is 0.0412. The van der Waals surface area contributed by atoms with E-state index in [0.717, 1.165) is 0 Å². The summed E-state index contributed by atoms with van der Waals surface area (Å²) in [5.74, 6) is 0.116. The average Bonchev–Trinajstić information content (AvgIpc) is 1.86. The van der Waals surface area contributed by atoms with E-state index in [1.54, 1.807) is 18.8 Å². The van der Waals surface area contributed by atoms with Gasteiger partial charge in [0.05, 0.1) is 5.25 Å². The first-order valence-electron chi connectivity index (χ1n) is 3.68. The second-order valence-electron chi connectivity index (χ2n) is 3.60. The Balaban J connectivity index is 4.29. The molecule has 1 atom stereocenters. The van der Waals surface area contributed by atoms with Crippen molar-refractivity contribution in [3.05, 3.63) is 0 Å².